The summed E-state index contributed by atoms with van der Waals surface area (Å²) in [5, 5.41) is 0. The summed E-state index contributed by atoms with van der Waals surface area (Å²) < 4.78 is 26.3. The van der Waals surface area contributed by atoms with Crippen molar-refractivity contribution in [2.24, 2.45) is 0 Å². The lowest BCUT2D eigenvalue weighted by atomic mass is 9.83. The molecule has 0 aromatic carbocycles. The number of thioether (sulfide) groups is 1. The second-order valence-corrected chi connectivity index (χ2v) is 4.19. The Hall–Kier alpha value is -1.03. The molecule has 0 unspecified atom stereocenters. The minimum absolute atomic E-state index is 0.370. The van der Waals surface area contributed by atoms with Gasteiger partial charge < -0.3 is 0 Å². The molecule has 0 aliphatic heterocycles. The van der Waals surface area contributed by atoms with E-state index in [2.05, 4.69) is 6.58 Å². The average Bonchev–Trinajstić information content (AvgIpc) is 2.33. The maximum absolute atomic E-state index is 13.2. The first-order valence-electron chi connectivity index (χ1n) is 5.24. The zero-order chi connectivity index (χ0) is 13.1. The predicted molar refractivity (Wildman–Crippen MR) is 75.6 cm³/mol. The molecule has 0 amide bonds. The highest BCUT2D eigenvalue weighted by molar-refractivity contribution is 8.04. The molecular weight excluding hydrogens is 237 g/mol. The Balaban J connectivity index is 4.23. The van der Waals surface area contributed by atoms with Crippen LogP contribution in [0.4, 0.5) is 8.78 Å². The molecule has 0 saturated carbocycles. The maximum atomic E-state index is 13.2. The zero-order valence-electron chi connectivity index (χ0n) is 10.1. The van der Waals surface area contributed by atoms with Crippen LogP contribution in [0.25, 0.3) is 0 Å². The molecular formula is C13H16BF2S. The van der Waals surface area contributed by atoms with Crippen LogP contribution in [-0.2, 0) is 0 Å². The summed E-state index contributed by atoms with van der Waals surface area (Å²) in [6, 6.07) is 0. The van der Waals surface area contributed by atoms with Crippen molar-refractivity contribution in [3.8, 4) is 0 Å². The lowest BCUT2D eigenvalue weighted by molar-refractivity contribution is 0.544. The smallest absolute Gasteiger partial charge is 0.158 e. The monoisotopic (exact) mass is 253 g/mol. The molecule has 0 rings (SSSR count). The Labute approximate surface area is 107 Å². The highest BCUT2D eigenvalue weighted by atomic mass is 32.2. The Kier molecular flexibility index (Phi) is 9.54. The summed E-state index contributed by atoms with van der Waals surface area (Å²) >= 11 is 1.36. The molecule has 0 fully saturated rings. The second-order valence-electron chi connectivity index (χ2n) is 3.04. The van der Waals surface area contributed by atoms with Crippen LogP contribution in [0.5, 0.6) is 0 Å². The van der Waals surface area contributed by atoms with E-state index in [9.17, 15) is 8.78 Å². The highest BCUT2D eigenvalue weighted by Crippen LogP contribution is 2.17. The molecule has 0 nitrogen and oxygen atoms in total. The molecule has 4 heteroatoms. The van der Waals surface area contributed by atoms with E-state index in [1.165, 1.54) is 23.9 Å². The molecule has 17 heavy (non-hydrogen) atoms. The van der Waals surface area contributed by atoms with Crippen molar-refractivity contribution in [3.63, 3.8) is 0 Å². The van der Waals surface area contributed by atoms with E-state index in [1.54, 1.807) is 18.2 Å². The van der Waals surface area contributed by atoms with E-state index >= 15 is 0 Å². The van der Waals surface area contributed by atoms with Gasteiger partial charge in [0.05, 0.1) is 0 Å². The topological polar surface area (TPSA) is 0 Å². The van der Waals surface area contributed by atoms with Crippen LogP contribution in [0, 0.1) is 0 Å². The van der Waals surface area contributed by atoms with E-state index in [1.807, 2.05) is 21.0 Å². The van der Waals surface area contributed by atoms with Gasteiger partial charge in [0.2, 0.25) is 0 Å². The van der Waals surface area contributed by atoms with Crippen molar-refractivity contribution >= 4 is 19.0 Å². The molecule has 0 aliphatic carbocycles. The van der Waals surface area contributed by atoms with Gasteiger partial charge in [-0.1, -0.05) is 42.5 Å². The average molecular weight is 253 g/mol. The molecule has 0 aliphatic rings. The minimum Gasteiger partial charge on any atom is -0.204 e. The fourth-order valence-electron chi connectivity index (χ4n) is 0.798. The molecule has 0 saturated heterocycles. The van der Waals surface area contributed by atoms with E-state index in [0.29, 0.717) is 5.75 Å². The Bertz CT molecular complexity index is 354. The molecule has 0 N–H and O–H groups in total. The van der Waals surface area contributed by atoms with Crippen molar-refractivity contribution in [1.29, 1.82) is 0 Å². The van der Waals surface area contributed by atoms with Gasteiger partial charge in [0.15, 0.2) is 18.9 Å². The van der Waals surface area contributed by atoms with Crippen LogP contribution >= 0.6 is 11.8 Å². The number of allylic oxidation sites excluding steroid dienone is 7. The Morgan fingerprint density at radius 3 is 2.53 bits per heavy atom. The van der Waals surface area contributed by atoms with Crippen LogP contribution in [0.3, 0.4) is 0 Å². The van der Waals surface area contributed by atoms with Crippen molar-refractivity contribution in [3.05, 3.63) is 59.5 Å². The van der Waals surface area contributed by atoms with Crippen LogP contribution in [0.1, 0.15) is 6.92 Å². The summed E-state index contributed by atoms with van der Waals surface area (Å²) in [5.41, 5.74) is 0. The van der Waals surface area contributed by atoms with Gasteiger partial charge in [0.25, 0.3) is 0 Å². The van der Waals surface area contributed by atoms with Crippen LogP contribution in [0.2, 0.25) is 6.82 Å². The third kappa shape index (κ3) is 8.75. The van der Waals surface area contributed by atoms with Gasteiger partial charge in [-0.15, -0.1) is 11.8 Å². The second kappa shape index (κ2) is 10.1. The molecule has 0 bridgehead atoms. The Morgan fingerprint density at radius 1 is 1.24 bits per heavy atom. The molecule has 0 aromatic rings. The highest BCUT2D eigenvalue weighted by Gasteiger charge is 2.01. The fourth-order valence-corrected chi connectivity index (χ4v) is 1.41. The van der Waals surface area contributed by atoms with Crippen molar-refractivity contribution in [1.82, 2.24) is 0 Å². The summed E-state index contributed by atoms with van der Waals surface area (Å²) in [7, 11) is 1.82. The molecule has 0 heterocycles. The van der Waals surface area contributed by atoms with Gasteiger partial charge in [-0.25, -0.2) is 8.78 Å². The first kappa shape index (κ1) is 16.0. The van der Waals surface area contributed by atoms with Crippen molar-refractivity contribution in [2.75, 3.05) is 5.75 Å². The van der Waals surface area contributed by atoms with Crippen LogP contribution in [0.15, 0.2) is 59.5 Å². The standard InChI is InChI=1S/C13H16BF2S/c1-4-5-6-7-8-12(15)13(16)9-10-17-11(2)14-3/h4-9H,2,10H2,1,3H3/b5-4+,7-6+,12-8-,13-9-. The zero-order valence-corrected chi connectivity index (χ0v) is 10.9. The third-order valence-corrected chi connectivity index (χ3v) is 2.68. The van der Waals surface area contributed by atoms with Crippen LogP contribution in [-0.4, -0.2) is 13.0 Å². The quantitative estimate of drug-likeness (QED) is 0.464. The number of halogens is 2. The minimum atomic E-state index is -0.863. The van der Waals surface area contributed by atoms with Crippen molar-refractivity contribution in [2.45, 2.75) is 13.7 Å². The van der Waals surface area contributed by atoms with Gasteiger partial charge in [-0.05, 0) is 19.1 Å². The van der Waals surface area contributed by atoms with Gasteiger partial charge in [-0.2, -0.15) is 0 Å². The summed E-state index contributed by atoms with van der Waals surface area (Å²) in [4.78, 5) is 0.839. The van der Waals surface area contributed by atoms with Crippen molar-refractivity contribution < 1.29 is 8.78 Å². The molecule has 1 radical (unpaired) electrons. The van der Waals surface area contributed by atoms with Gasteiger partial charge in [0, 0.05) is 5.75 Å². The molecule has 0 aromatic heterocycles. The number of rotatable bonds is 7. The first-order chi connectivity index (χ1) is 8.11. The Morgan fingerprint density at radius 2 is 1.94 bits per heavy atom. The van der Waals surface area contributed by atoms with E-state index in [-0.39, 0.29) is 0 Å². The van der Waals surface area contributed by atoms with Gasteiger partial charge in [0.1, 0.15) is 0 Å². The van der Waals surface area contributed by atoms with E-state index < -0.39 is 11.7 Å². The van der Waals surface area contributed by atoms with Gasteiger partial charge in [-0.3, -0.25) is 0 Å². The fraction of sp³-hybridized carbons (Fsp3) is 0.231. The SMILES string of the molecule is C=C([B]C)SC/C=C(F)/C(F)=C/C=C/C=C/C. The first-order valence-corrected chi connectivity index (χ1v) is 6.22. The maximum Gasteiger partial charge on any atom is 0.158 e. The molecule has 91 valence electrons. The van der Waals surface area contributed by atoms with E-state index in [4.69, 9.17) is 0 Å². The lowest BCUT2D eigenvalue weighted by Gasteiger charge is -1.97. The summed E-state index contributed by atoms with van der Waals surface area (Å²) in [6.45, 7) is 7.41. The third-order valence-electron chi connectivity index (χ3n) is 1.74. The summed E-state index contributed by atoms with van der Waals surface area (Å²) in [6.07, 6.45) is 8.93. The predicted octanol–water partition coefficient (Wildman–Crippen LogP) is 4.78. The molecule has 0 atom stereocenters. The molecule has 0 spiro atoms. The number of hydrogen-bond acceptors (Lipinski definition) is 1. The normalized spacial score (nSPS) is 13.6. The van der Waals surface area contributed by atoms with Gasteiger partial charge >= 0.3 is 0 Å². The largest absolute Gasteiger partial charge is 0.204 e. The number of hydrogen-bond donors (Lipinski definition) is 0. The van der Waals surface area contributed by atoms with Crippen LogP contribution < -0.4 is 0 Å². The lowest BCUT2D eigenvalue weighted by Crippen LogP contribution is -1.85. The summed E-state index contributed by atoms with van der Waals surface area (Å²) in [5.74, 6) is -1.33. The van der Waals surface area contributed by atoms with E-state index in [0.717, 1.165) is 10.9 Å².